The fourth-order valence-corrected chi connectivity index (χ4v) is 1.86. The minimum Gasteiger partial charge on any atom is -0.495 e. The summed E-state index contributed by atoms with van der Waals surface area (Å²) in [5.74, 6) is 0.429. The van der Waals surface area contributed by atoms with E-state index in [2.05, 4.69) is 0 Å². The molecule has 0 aliphatic carbocycles. The van der Waals surface area contributed by atoms with Gasteiger partial charge in [-0.15, -0.1) is 0 Å². The molecule has 20 heavy (non-hydrogen) atoms. The standard InChI is InChI=1S/C15H24N2O3/c1-5-20-14(18)15(2,16)10-11-17(3)12-8-6-7-9-13(12)19-4/h6-9H,5,10-11,16H2,1-4H3. The molecular weight excluding hydrogens is 256 g/mol. The highest BCUT2D eigenvalue weighted by Crippen LogP contribution is 2.27. The zero-order valence-corrected chi connectivity index (χ0v) is 12.7. The Balaban J connectivity index is 2.67. The molecule has 0 aliphatic heterocycles. The second-order valence-corrected chi connectivity index (χ2v) is 4.98. The molecule has 2 N–H and O–H groups in total. The fourth-order valence-electron chi connectivity index (χ4n) is 1.86. The molecular formula is C15H24N2O3. The summed E-state index contributed by atoms with van der Waals surface area (Å²) in [5.41, 5.74) is 6.00. The minimum absolute atomic E-state index is 0.341. The van der Waals surface area contributed by atoms with Crippen molar-refractivity contribution < 1.29 is 14.3 Å². The van der Waals surface area contributed by atoms with Crippen LogP contribution in [0.1, 0.15) is 20.3 Å². The molecule has 5 heteroatoms. The van der Waals surface area contributed by atoms with E-state index in [0.29, 0.717) is 19.6 Å². The number of carbonyl (C=O) groups is 1. The quantitative estimate of drug-likeness (QED) is 0.772. The lowest BCUT2D eigenvalue weighted by molar-refractivity contribution is -0.149. The molecule has 0 bridgehead atoms. The van der Waals surface area contributed by atoms with Gasteiger partial charge in [-0.2, -0.15) is 0 Å². The number of hydrogen-bond donors (Lipinski definition) is 1. The van der Waals surface area contributed by atoms with Gasteiger partial charge < -0.3 is 20.1 Å². The Kier molecular flexibility index (Phi) is 5.82. The molecule has 0 radical (unpaired) electrons. The van der Waals surface area contributed by atoms with E-state index >= 15 is 0 Å². The fraction of sp³-hybridized carbons (Fsp3) is 0.533. The summed E-state index contributed by atoms with van der Waals surface area (Å²) in [6.07, 6.45) is 0.500. The summed E-state index contributed by atoms with van der Waals surface area (Å²) in [4.78, 5) is 13.8. The molecule has 0 saturated heterocycles. The van der Waals surface area contributed by atoms with E-state index in [1.165, 1.54) is 0 Å². The molecule has 0 aliphatic rings. The summed E-state index contributed by atoms with van der Waals surface area (Å²) in [6.45, 7) is 4.44. The maximum atomic E-state index is 11.7. The van der Waals surface area contributed by atoms with Crippen molar-refractivity contribution in [3.8, 4) is 5.75 Å². The van der Waals surface area contributed by atoms with Crippen LogP contribution in [-0.2, 0) is 9.53 Å². The van der Waals surface area contributed by atoms with Crippen LogP contribution in [0.2, 0.25) is 0 Å². The van der Waals surface area contributed by atoms with Gasteiger partial charge in [-0.1, -0.05) is 12.1 Å². The lowest BCUT2D eigenvalue weighted by Gasteiger charge is -2.27. The molecule has 1 aromatic carbocycles. The van der Waals surface area contributed by atoms with Crippen LogP contribution in [0.3, 0.4) is 0 Å². The molecule has 0 saturated carbocycles. The van der Waals surface area contributed by atoms with Crippen LogP contribution < -0.4 is 15.4 Å². The van der Waals surface area contributed by atoms with E-state index in [9.17, 15) is 4.79 Å². The van der Waals surface area contributed by atoms with E-state index in [-0.39, 0.29) is 5.97 Å². The summed E-state index contributed by atoms with van der Waals surface area (Å²) in [5, 5.41) is 0. The first kappa shape index (κ1) is 16.3. The van der Waals surface area contributed by atoms with Crippen LogP contribution in [0.4, 0.5) is 5.69 Å². The van der Waals surface area contributed by atoms with Crippen LogP contribution in [0.25, 0.3) is 0 Å². The summed E-state index contributed by atoms with van der Waals surface area (Å²) in [7, 11) is 3.58. The van der Waals surface area contributed by atoms with E-state index in [1.807, 2.05) is 36.2 Å². The van der Waals surface area contributed by atoms with Crippen molar-refractivity contribution >= 4 is 11.7 Å². The van der Waals surface area contributed by atoms with Gasteiger partial charge in [0.25, 0.3) is 0 Å². The predicted molar refractivity (Wildman–Crippen MR) is 80.1 cm³/mol. The Labute approximate surface area is 120 Å². The number of benzene rings is 1. The average molecular weight is 280 g/mol. The Bertz CT molecular complexity index is 446. The van der Waals surface area contributed by atoms with Crippen LogP contribution in [0.5, 0.6) is 5.75 Å². The summed E-state index contributed by atoms with van der Waals surface area (Å²) < 4.78 is 10.3. The van der Waals surface area contributed by atoms with Gasteiger partial charge in [0.05, 0.1) is 19.4 Å². The number of nitrogens with two attached hydrogens (primary N) is 1. The molecule has 0 fully saturated rings. The monoisotopic (exact) mass is 280 g/mol. The van der Waals surface area contributed by atoms with E-state index in [0.717, 1.165) is 11.4 Å². The Morgan fingerprint density at radius 1 is 1.40 bits per heavy atom. The van der Waals surface area contributed by atoms with E-state index in [1.54, 1.807) is 21.0 Å². The normalized spacial score (nSPS) is 13.4. The van der Waals surface area contributed by atoms with E-state index < -0.39 is 5.54 Å². The second-order valence-electron chi connectivity index (χ2n) is 4.98. The maximum Gasteiger partial charge on any atom is 0.325 e. The van der Waals surface area contributed by atoms with Gasteiger partial charge in [-0.05, 0) is 32.4 Å². The van der Waals surface area contributed by atoms with E-state index in [4.69, 9.17) is 15.2 Å². The largest absolute Gasteiger partial charge is 0.495 e. The van der Waals surface area contributed by atoms with Gasteiger partial charge in [0.15, 0.2) is 0 Å². The molecule has 5 nitrogen and oxygen atoms in total. The zero-order valence-electron chi connectivity index (χ0n) is 12.7. The van der Waals surface area contributed by atoms with Gasteiger partial charge in [0, 0.05) is 13.6 Å². The highest BCUT2D eigenvalue weighted by atomic mass is 16.5. The first-order valence-corrected chi connectivity index (χ1v) is 6.72. The Morgan fingerprint density at radius 3 is 2.65 bits per heavy atom. The van der Waals surface area contributed by atoms with Gasteiger partial charge in [-0.3, -0.25) is 4.79 Å². The number of ether oxygens (including phenoxy) is 2. The molecule has 1 rings (SSSR count). The number of anilines is 1. The predicted octanol–water partition coefficient (Wildman–Crippen LogP) is 1.80. The SMILES string of the molecule is CCOC(=O)C(C)(N)CCN(C)c1ccccc1OC. The van der Waals surface area contributed by atoms with Crippen molar-refractivity contribution in [2.45, 2.75) is 25.8 Å². The Morgan fingerprint density at radius 2 is 2.05 bits per heavy atom. The highest BCUT2D eigenvalue weighted by Gasteiger charge is 2.30. The third kappa shape index (κ3) is 4.13. The van der Waals surface area contributed by atoms with Crippen molar-refractivity contribution in [3.63, 3.8) is 0 Å². The van der Waals surface area contributed by atoms with Gasteiger partial charge in [0.1, 0.15) is 11.3 Å². The molecule has 1 atom stereocenters. The molecule has 0 spiro atoms. The maximum absolute atomic E-state index is 11.7. The first-order chi connectivity index (χ1) is 9.42. The second kappa shape index (κ2) is 7.14. The number of methoxy groups -OCH3 is 1. The smallest absolute Gasteiger partial charge is 0.325 e. The molecule has 0 aromatic heterocycles. The third-order valence-electron chi connectivity index (χ3n) is 3.20. The van der Waals surface area contributed by atoms with Crippen molar-refractivity contribution in [2.24, 2.45) is 5.73 Å². The van der Waals surface area contributed by atoms with Crippen LogP contribution in [-0.4, -0.2) is 38.8 Å². The summed E-state index contributed by atoms with van der Waals surface area (Å²) in [6, 6.07) is 7.74. The Hall–Kier alpha value is -1.75. The highest BCUT2D eigenvalue weighted by molar-refractivity contribution is 5.80. The van der Waals surface area contributed by atoms with Gasteiger partial charge in [0.2, 0.25) is 0 Å². The lowest BCUT2D eigenvalue weighted by Crippen LogP contribution is -2.48. The van der Waals surface area contributed by atoms with Crippen LogP contribution >= 0.6 is 0 Å². The molecule has 0 amide bonds. The van der Waals surface area contributed by atoms with Crippen molar-refractivity contribution in [1.82, 2.24) is 0 Å². The van der Waals surface area contributed by atoms with Crippen molar-refractivity contribution in [1.29, 1.82) is 0 Å². The van der Waals surface area contributed by atoms with Gasteiger partial charge in [-0.25, -0.2) is 0 Å². The summed E-state index contributed by atoms with van der Waals surface area (Å²) >= 11 is 0. The molecule has 1 aromatic rings. The van der Waals surface area contributed by atoms with Crippen LogP contribution in [0, 0.1) is 0 Å². The number of para-hydroxylation sites is 2. The topological polar surface area (TPSA) is 64.8 Å². The number of nitrogens with zero attached hydrogens (tertiary/aromatic N) is 1. The lowest BCUT2D eigenvalue weighted by atomic mass is 9.99. The third-order valence-corrected chi connectivity index (χ3v) is 3.20. The first-order valence-electron chi connectivity index (χ1n) is 6.72. The number of esters is 1. The molecule has 0 heterocycles. The number of rotatable bonds is 7. The number of hydrogen-bond acceptors (Lipinski definition) is 5. The molecule has 112 valence electrons. The number of carbonyl (C=O) groups excluding carboxylic acids is 1. The minimum atomic E-state index is -0.980. The van der Waals surface area contributed by atoms with Crippen molar-refractivity contribution in [2.75, 3.05) is 32.2 Å². The van der Waals surface area contributed by atoms with Gasteiger partial charge >= 0.3 is 5.97 Å². The zero-order chi connectivity index (χ0) is 15.2. The molecule has 1 unspecified atom stereocenters. The van der Waals surface area contributed by atoms with Crippen molar-refractivity contribution in [3.05, 3.63) is 24.3 Å². The van der Waals surface area contributed by atoms with Crippen LogP contribution in [0.15, 0.2) is 24.3 Å². The average Bonchev–Trinajstić information content (AvgIpc) is 2.45.